The van der Waals surface area contributed by atoms with Gasteiger partial charge in [0.15, 0.2) is 0 Å². The quantitative estimate of drug-likeness (QED) is 0.922. The van der Waals surface area contributed by atoms with Gasteiger partial charge in [-0.25, -0.2) is 8.42 Å². The number of benzene rings is 1. The van der Waals surface area contributed by atoms with Crippen molar-refractivity contribution < 1.29 is 13.5 Å². The molecule has 4 nitrogen and oxygen atoms in total. The van der Waals surface area contributed by atoms with Gasteiger partial charge in [0, 0.05) is 23.6 Å². The van der Waals surface area contributed by atoms with Crippen LogP contribution in [-0.2, 0) is 10.0 Å². The highest BCUT2D eigenvalue weighted by Crippen LogP contribution is 2.32. The summed E-state index contributed by atoms with van der Waals surface area (Å²) in [4.78, 5) is 0.273. The minimum absolute atomic E-state index is 0.0636. The predicted molar refractivity (Wildman–Crippen MR) is 87.0 cm³/mol. The Morgan fingerprint density at radius 2 is 2.14 bits per heavy atom. The molecule has 1 unspecified atom stereocenters. The highest BCUT2D eigenvalue weighted by atomic mass is 32.2. The second kappa shape index (κ2) is 6.28. The monoisotopic (exact) mass is 329 g/mol. The van der Waals surface area contributed by atoms with Gasteiger partial charge in [-0.2, -0.15) is 16.1 Å². The Bertz CT molecular complexity index is 599. The van der Waals surface area contributed by atoms with E-state index in [9.17, 15) is 13.5 Å². The minimum atomic E-state index is -3.49. The first-order chi connectivity index (χ1) is 9.76. The van der Waals surface area contributed by atoms with E-state index in [1.54, 1.807) is 40.3 Å². The van der Waals surface area contributed by atoms with Crippen LogP contribution < -0.4 is 0 Å². The third-order valence-electron chi connectivity index (χ3n) is 3.66. The van der Waals surface area contributed by atoms with Crippen LogP contribution in [0.15, 0.2) is 29.2 Å². The number of nitrogens with zero attached hydrogens (tertiary/aromatic N) is 1. The summed E-state index contributed by atoms with van der Waals surface area (Å²) in [6.07, 6.45) is -0.0508. The van der Waals surface area contributed by atoms with Crippen LogP contribution in [0, 0.1) is 0 Å². The van der Waals surface area contributed by atoms with Crippen molar-refractivity contribution >= 4 is 21.8 Å². The summed E-state index contributed by atoms with van der Waals surface area (Å²) in [6.45, 7) is 7.06. The molecule has 0 saturated carbocycles. The number of thioether (sulfide) groups is 1. The van der Waals surface area contributed by atoms with Gasteiger partial charge in [0.05, 0.1) is 11.0 Å². The number of sulfonamides is 1. The van der Waals surface area contributed by atoms with Crippen LogP contribution in [0.5, 0.6) is 0 Å². The first-order valence-corrected chi connectivity index (χ1v) is 9.61. The normalized spacial score (nSPS) is 21.1. The van der Waals surface area contributed by atoms with Crippen LogP contribution in [0.2, 0.25) is 0 Å². The van der Waals surface area contributed by atoms with E-state index < -0.39 is 16.1 Å². The van der Waals surface area contributed by atoms with E-state index in [-0.39, 0.29) is 9.64 Å². The van der Waals surface area contributed by atoms with E-state index in [2.05, 4.69) is 13.8 Å². The van der Waals surface area contributed by atoms with Gasteiger partial charge in [-0.15, -0.1) is 0 Å². The SMILES string of the molecule is CCC(O)c1cccc(S(=O)(=O)N2CCSC(C)(C)C2)c1. The lowest BCUT2D eigenvalue weighted by Crippen LogP contribution is -2.46. The molecule has 0 amide bonds. The van der Waals surface area contributed by atoms with Gasteiger partial charge in [0.2, 0.25) is 10.0 Å². The second-order valence-electron chi connectivity index (χ2n) is 5.94. The van der Waals surface area contributed by atoms with E-state index >= 15 is 0 Å². The van der Waals surface area contributed by atoms with Crippen LogP contribution in [0.3, 0.4) is 0 Å². The molecule has 0 aliphatic carbocycles. The van der Waals surface area contributed by atoms with E-state index in [4.69, 9.17) is 0 Å². The standard InChI is InChI=1S/C15H23NO3S2/c1-4-14(17)12-6-5-7-13(10-12)21(18,19)16-8-9-20-15(2,3)11-16/h5-7,10,14,17H,4,8-9,11H2,1-3H3. The molecule has 118 valence electrons. The molecule has 0 aromatic heterocycles. The molecule has 1 aromatic rings. The van der Waals surface area contributed by atoms with Crippen LogP contribution in [-0.4, -0.2) is 41.4 Å². The van der Waals surface area contributed by atoms with Gasteiger partial charge in [-0.3, -0.25) is 0 Å². The van der Waals surface area contributed by atoms with E-state index in [0.29, 0.717) is 25.1 Å². The molecule has 0 spiro atoms. The molecule has 6 heteroatoms. The molecule has 1 fully saturated rings. The van der Waals surface area contributed by atoms with Gasteiger partial charge in [0.1, 0.15) is 0 Å². The fraction of sp³-hybridized carbons (Fsp3) is 0.600. The van der Waals surface area contributed by atoms with Gasteiger partial charge in [-0.05, 0) is 38.0 Å². The summed E-state index contributed by atoms with van der Waals surface area (Å²) in [5.41, 5.74) is 0.657. The smallest absolute Gasteiger partial charge is 0.243 e. The van der Waals surface area contributed by atoms with Crippen molar-refractivity contribution in [2.75, 3.05) is 18.8 Å². The first-order valence-electron chi connectivity index (χ1n) is 7.18. The molecule has 21 heavy (non-hydrogen) atoms. The Hall–Kier alpha value is -0.560. The highest BCUT2D eigenvalue weighted by molar-refractivity contribution is 8.00. The fourth-order valence-electron chi connectivity index (χ4n) is 2.45. The molecule has 0 bridgehead atoms. The molecule has 1 heterocycles. The Labute approximate surface area is 131 Å². The topological polar surface area (TPSA) is 57.6 Å². The lowest BCUT2D eigenvalue weighted by molar-refractivity contribution is 0.173. The van der Waals surface area contributed by atoms with Crippen molar-refractivity contribution in [2.45, 2.75) is 42.9 Å². The average Bonchev–Trinajstić information content (AvgIpc) is 2.45. The summed E-state index contributed by atoms with van der Waals surface area (Å²) in [6, 6.07) is 6.67. The molecule has 1 aromatic carbocycles. The number of hydrogen-bond donors (Lipinski definition) is 1. The minimum Gasteiger partial charge on any atom is -0.388 e. The lowest BCUT2D eigenvalue weighted by atomic mass is 10.1. The molecule has 1 saturated heterocycles. The molecule has 2 rings (SSSR count). The van der Waals surface area contributed by atoms with Crippen molar-refractivity contribution in [3.05, 3.63) is 29.8 Å². The average molecular weight is 329 g/mol. The molecule has 1 atom stereocenters. The Kier molecular flexibility index (Phi) is 5.03. The Morgan fingerprint density at radius 3 is 2.76 bits per heavy atom. The lowest BCUT2D eigenvalue weighted by Gasteiger charge is -2.36. The predicted octanol–water partition coefficient (Wildman–Crippen LogP) is 2.65. The zero-order chi connectivity index (χ0) is 15.7. The second-order valence-corrected chi connectivity index (χ2v) is 9.68. The zero-order valence-corrected chi connectivity index (χ0v) is 14.4. The van der Waals surface area contributed by atoms with Crippen molar-refractivity contribution in [3.63, 3.8) is 0 Å². The number of aliphatic hydroxyl groups is 1. The van der Waals surface area contributed by atoms with Gasteiger partial charge in [0.25, 0.3) is 0 Å². The van der Waals surface area contributed by atoms with Crippen molar-refractivity contribution in [1.29, 1.82) is 0 Å². The molecular weight excluding hydrogens is 306 g/mol. The molecule has 1 N–H and O–H groups in total. The van der Waals surface area contributed by atoms with Crippen molar-refractivity contribution in [1.82, 2.24) is 4.31 Å². The molecular formula is C15H23NO3S2. The summed E-state index contributed by atoms with van der Waals surface area (Å²) >= 11 is 1.80. The zero-order valence-electron chi connectivity index (χ0n) is 12.7. The summed E-state index contributed by atoms with van der Waals surface area (Å²) in [7, 11) is -3.49. The van der Waals surface area contributed by atoms with Crippen LogP contribution in [0.4, 0.5) is 0 Å². The van der Waals surface area contributed by atoms with Crippen LogP contribution in [0.1, 0.15) is 38.9 Å². The third kappa shape index (κ3) is 3.80. The highest BCUT2D eigenvalue weighted by Gasteiger charge is 2.34. The first kappa shape index (κ1) is 16.8. The van der Waals surface area contributed by atoms with Gasteiger partial charge >= 0.3 is 0 Å². The Balaban J connectivity index is 2.31. The maximum atomic E-state index is 12.8. The summed E-state index contributed by atoms with van der Waals surface area (Å²) in [5.74, 6) is 0.809. The number of rotatable bonds is 4. The number of hydrogen-bond acceptors (Lipinski definition) is 4. The molecule has 0 radical (unpaired) electrons. The van der Waals surface area contributed by atoms with E-state index in [1.807, 2.05) is 6.92 Å². The number of aliphatic hydroxyl groups excluding tert-OH is 1. The third-order valence-corrected chi connectivity index (χ3v) is 6.80. The van der Waals surface area contributed by atoms with E-state index in [1.165, 1.54) is 0 Å². The van der Waals surface area contributed by atoms with E-state index in [0.717, 1.165) is 5.75 Å². The van der Waals surface area contributed by atoms with Crippen molar-refractivity contribution in [2.24, 2.45) is 0 Å². The summed E-state index contributed by atoms with van der Waals surface area (Å²) < 4.78 is 27.0. The fourth-order valence-corrected chi connectivity index (χ4v) is 5.41. The molecule has 1 aliphatic rings. The Morgan fingerprint density at radius 1 is 1.43 bits per heavy atom. The van der Waals surface area contributed by atoms with Crippen LogP contribution in [0.25, 0.3) is 0 Å². The van der Waals surface area contributed by atoms with Gasteiger partial charge < -0.3 is 5.11 Å². The van der Waals surface area contributed by atoms with Crippen LogP contribution >= 0.6 is 11.8 Å². The largest absolute Gasteiger partial charge is 0.388 e. The maximum absolute atomic E-state index is 12.8. The van der Waals surface area contributed by atoms with Crippen molar-refractivity contribution in [3.8, 4) is 0 Å². The maximum Gasteiger partial charge on any atom is 0.243 e. The molecule has 1 aliphatic heterocycles. The summed E-state index contributed by atoms with van der Waals surface area (Å²) in [5, 5.41) is 9.90. The van der Waals surface area contributed by atoms with Gasteiger partial charge in [-0.1, -0.05) is 19.1 Å².